The van der Waals surface area contributed by atoms with Gasteiger partial charge in [-0.1, -0.05) is 13.8 Å². The fraction of sp³-hybridized carbons (Fsp3) is 0.789. The van der Waals surface area contributed by atoms with E-state index in [2.05, 4.69) is 32.2 Å². The van der Waals surface area contributed by atoms with E-state index in [9.17, 15) is 0 Å². The normalized spacial score (nSPS) is 46.0. The van der Waals surface area contributed by atoms with Crippen molar-refractivity contribution in [2.24, 2.45) is 27.9 Å². The van der Waals surface area contributed by atoms with Gasteiger partial charge in [-0.05, 0) is 91.0 Å². The molecule has 2 heteroatoms. The van der Waals surface area contributed by atoms with Crippen molar-refractivity contribution in [3.05, 3.63) is 21.9 Å². The van der Waals surface area contributed by atoms with Crippen LogP contribution in [0.3, 0.4) is 0 Å². The van der Waals surface area contributed by atoms with Crippen molar-refractivity contribution in [2.45, 2.75) is 71.8 Å². The van der Waals surface area contributed by atoms with E-state index in [1.165, 1.54) is 55.4 Å². The zero-order chi connectivity index (χ0) is 14.9. The molecule has 1 aromatic rings. The minimum absolute atomic E-state index is 0.258. The summed E-state index contributed by atoms with van der Waals surface area (Å²) < 4.78 is 0. The number of aryl methyl sites for hydroxylation is 1. The van der Waals surface area contributed by atoms with E-state index in [1.807, 2.05) is 11.3 Å². The van der Waals surface area contributed by atoms with Crippen molar-refractivity contribution in [3.63, 3.8) is 0 Å². The number of rotatable bonds is 3. The van der Waals surface area contributed by atoms with Gasteiger partial charge in [-0.15, -0.1) is 11.3 Å². The molecule has 2 N–H and O–H groups in total. The first-order chi connectivity index (χ1) is 9.81. The molecular formula is C19H29NS. The maximum absolute atomic E-state index is 6.66. The molecule has 0 aromatic carbocycles. The first kappa shape index (κ1) is 14.3. The highest BCUT2D eigenvalue weighted by atomic mass is 32.1. The third kappa shape index (κ3) is 2.30. The Labute approximate surface area is 133 Å². The number of hydrogen-bond acceptors (Lipinski definition) is 2. The Balaban J connectivity index is 1.61. The maximum Gasteiger partial charge on any atom is 0.0397 e. The van der Waals surface area contributed by atoms with Crippen LogP contribution in [0.15, 0.2) is 11.4 Å². The molecule has 5 rings (SSSR count). The highest BCUT2D eigenvalue weighted by Crippen LogP contribution is 2.71. The Morgan fingerprint density at radius 1 is 1.19 bits per heavy atom. The van der Waals surface area contributed by atoms with Crippen LogP contribution < -0.4 is 5.73 Å². The van der Waals surface area contributed by atoms with Crippen molar-refractivity contribution in [1.82, 2.24) is 0 Å². The SMILES string of the molecule is Cc1ccsc1C(N)CC12CC3CC(C)(CC(C)(C3)C1)C2. The van der Waals surface area contributed by atoms with Gasteiger partial charge in [0.25, 0.3) is 0 Å². The van der Waals surface area contributed by atoms with E-state index in [4.69, 9.17) is 5.73 Å². The zero-order valence-electron chi connectivity index (χ0n) is 13.7. The summed E-state index contributed by atoms with van der Waals surface area (Å²) in [5.41, 5.74) is 9.82. The molecule has 4 aliphatic rings. The van der Waals surface area contributed by atoms with Crippen LogP contribution in [0.2, 0.25) is 0 Å². The second-order valence-corrected chi connectivity index (χ2v) is 10.4. The Hall–Kier alpha value is -0.340. The van der Waals surface area contributed by atoms with Crippen molar-refractivity contribution >= 4 is 11.3 Å². The summed E-state index contributed by atoms with van der Waals surface area (Å²) in [6.45, 7) is 7.34. The van der Waals surface area contributed by atoms with Gasteiger partial charge in [-0.2, -0.15) is 0 Å². The molecule has 0 radical (unpaired) electrons. The highest BCUT2D eigenvalue weighted by molar-refractivity contribution is 7.10. The molecule has 4 saturated carbocycles. The van der Waals surface area contributed by atoms with Gasteiger partial charge in [0.15, 0.2) is 0 Å². The van der Waals surface area contributed by atoms with E-state index in [0.29, 0.717) is 16.2 Å². The fourth-order valence-electron chi connectivity index (χ4n) is 7.24. The summed E-state index contributed by atoms with van der Waals surface area (Å²) in [7, 11) is 0. The molecule has 3 atom stereocenters. The van der Waals surface area contributed by atoms with Crippen LogP contribution in [0.1, 0.15) is 75.3 Å². The van der Waals surface area contributed by atoms with Crippen molar-refractivity contribution < 1.29 is 0 Å². The Kier molecular flexibility index (Phi) is 2.96. The summed E-state index contributed by atoms with van der Waals surface area (Å²) in [6, 6.07) is 2.48. The molecule has 0 aliphatic heterocycles. The second kappa shape index (κ2) is 4.35. The maximum atomic E-state index is 6.66. The van der Waals surface area contributed by atoms with Gasteiger partial charge in [0.1, 0.15) is 0 Å². The van der Waals surface area contributed by atoms with E-state index in [-0.39, 0.29) is 6.04 Å². The van der Waals surface area contributed by atoms with E-state index >= 15 is 0 Å². The van der Waals surface area contributed by atoms with Gasteiger partial charge in [0, 0.05) is 10.9 Å². The molecule has 4 bridgehead atoms. The Bertz CT molecular complexity index is 542. The summed E-state index contributed by atoms with van der Waals surface area (Å²) in [5.74, 6) is 0.980. The van der Waals surface area contributed by atoms with Crippen molar-refractivity contribution in [2.75, 3.05) is 0 Å². The minimum atomic E-state index is 0.258. The van der Waals surface area contributed by atoms with Crippen LogP contribution in [0.4, 0.5) is 0 Å². The van der Waals surface area contributed by atoms with Crippen LogP contribution >= 0.6 is 11.3 Å². The van der Waals surface area contributed by atoms with Gasteiger partial charge >= 0.3 is 0 Å². The molecule has 1 nitrogen and oxygen atoms in total. The highest BCUT2D eigenvalue weighted by Gasteiger charge is 2.60. The number of thiophene rings is 1. The molecule has 1 heterocycles. The number of hydrogen-bond donors (Lipinski definition) is 1. The third-order valence-electron chi connectivity index (χ3n) is 6.63. The fourth-order valence-corrected chi connectivity index (χ4v) is 8.17. The Morgan fingerprint density at radius 3 is 2.38 bits per heavy atom. The number of nitrogens with two attached hydrogens (primary N) is 1. The molecule has 1 aromatic heterocycles. The average molecular weight is 304 g/mol. The molecule has 0 saturated heterocycles. The van der Waals surface area contributed by atoms with Crippen LogP contribution in [0.5, 0.6) is 0 Å². The third-order valence-corrected chi connectivity index (χ3v) is 7.78. The average Bonchev–Trinajstić information content (AvgIpc) is 2.69. The van der Waals surface area contributed by atoms with Gasteiger partial charge in [0.05, 0.1) is 0 Å². The van der Waals surface area contributed by atoms with Crippen LogP contribution in [-0.4, -0.2) is 0 Å². The largest absolute Gasteiger partial charge is 0.323 e. The second-order valence-electron chi connectivity index (χ2n) is 9.41. The van der Waals surface area contributed by atoms with E-state index in [1.54, 1.807) is 0 Å². The molecule has 21 heavy (non-hydrogen) atoms. The molecule has 0 amide bonds. The summed E-state index contributed by atoms with van der Waals surface area (Å²) in [6.07, 6.45) is 9.97. The lowest BCUT2D eigenvalue weighted by Crippen LogP contribution is -2.55. The van der Waals surface area contributed by atoms with Gasteiger partial charge < -0.3 is 5.73 Å². The quantitative estimate of drug-likeness (QED) is 0.790. The van der Waals surface area contributed by atoms with Crippen LogP contribution in [0, 0.1) is 29.1 Å². The van der Waals surface area contributed by atoms with Crippen LogP contribution in [0.25, 0.3) is 0 Å². The van der Waals surface area contributed by atoms with Crippen molar-refractivity contribution in [3.8, 4) is 0 Å². The van der Waals surface area contributed by atoms with Gasteiger partial charge in [-0.3, -0.25) is 0 Å². The lowest BCUT2D eigenvalue weighted by atomic mass is 9.39. The zero-order valence-corrected chi connectivity index (χ0v) is 14.6. The van der Waals surface area contributed by atoms with E-state index < -0.39 is 0 Å². The summed E-state index contributed by atoms with van der Waals surface area (Å²) >= 11 is 1.86. The van der Waals surface area contributed by atoms with Gasteiger partial charge in [0.2, 0.25) is 0 Å². The standard InChI is InChI=1S/C19H29NS/c1-13-4-5-21-16(13)15(20)9-19-8-14-6-17(2,11-19)10-18(3,7-14)12-19/h4-5,14-15H,6-12,20H2,1-3H3. The van der Waals surface area contributed by atoms with E-state index in [0.717, 1.165) is 5.92 Å². The lowest BCUT2D eigenvalue weighted by molar-refractivity contribution is -0.149. The lowest BCUT2D eigenvalue weighted by Gasteiger charge is -2.66. The Morgan fingerprint density at radius 2 is 1.86 bits per heavy atom. The molecule has 4 fully saturated rings. The smallest absolute Gasteiger partial charge is 0.0397 e. The summed E-state index contributed by atoms with van der Waals surface area (Å²) in [4.78, 5) is 1.43. The topological polar surface area (TPSA) is 26.0 Å². The van der Waals surface area contributed by atoms with Crippen LogP contribution in [-0.2, 0) is 0 Å². The van der Waals surface area contributed by atoms with Crippen molar-refractivity contribution in [1.29, 1.82) is 0 Å². The predicted octanol–water partition coefficient (Wildman–Crippen LogP) is 5.44. The molecular weight excluding hydrogens is 274 g/mol. The first-order valence-electron chi connectivity index (χ1n) is 8.60. The van der Waals surface area contributed by atoms with Gasteiger partial charge in [-0.25, -0.2) is 0 Å². The molecule has 0 spiro atoms. The predicted molar refractivity (Wildman–Crippen MR) is 90.4 cm³/mol. The minimum Gasteiger partial charge on any atom is -0.323 e. The molecule has 116 valence electrons. The summed E-state index contributed by atoms with van der Waals surface area (Å²) in [5, 5.41) is 2.20. The first-order valence-corrected chi connectivity index (χ1v) is 9.48. The monoisotopic (exact) mass is 303 g/mol. The molecule has 4 aliphatic carbocycles. The molecule has 3 unspecified atom stereocenters.